The van der Waals surface area contributed by atoms with E-state index in [0.29, 0.717) is 16.9 Å². The van der Waals surface area contributed by atoms with Gasteiger partial charge in [-0.05, 0) is 42.7 Å². The minimum atomic E-state index is -1.32. The van der Waals surface area contributed by atoms with Crippen molar-refractivity contribution in [2.24, 2.45) is 5.73 Å². The van der Waals surface area contributed by atoms with Crippen LogP contribution in [0.2, 0.25) is 0 Å². The highest BCUT2D eigenvalue weighted by Crippen LogP contribution is 2.30. The van der Waals surface area contributed by atoms with E-state index < -0.39 is 24.9 Å². The summed E-state index contributed by atoms with van der Waals surface area (Å²) >= 11 is 0. The highest BCUT2D eigenvalue weighted by Gasteiger charge is 2.37. The van der Waals surface area contributed by atoms with Crippen LogP contribution in [-0.2, 0) is 27.2 Å². The second-order valence-electron chi connectivity index (χ2n) is 6.98. The number of amides is 2. The summed E-state index contributed by atoms with van der Waals surface area (Å²) in [5.74, 6) is -1.46. The van der Waals surface area contributed by atoms with Gasteiger partial charge in [-0.15, -0.1) is 0 Å². The Labute approximate surface area is 179 Å². The number of esters is 1. The minimum absolute atomic E-state index is 0.0344. The normalized spacial score (nSPS) is 14.8. The van der Waals surface area contributed by atoms with Gasteiger partial charge in [0.05, 0.1) is 19.0 Å². The Morgan fingerprint density at radius 2 is 2.03 bits per heavy atom. The molecule has 0 aromatic heterocycles. The van der Waals surface area contributed by atoms with Crippen LogP contribution in [0.4, 0.5) is 0 Å². The van der Waals surface area contributed by atoms with Crippen LogP contribution in [0.25, 0.3) is 0 Å². The third-order valence-corrected chi connectivity index (χ3v) is 4.61. The van der Waals surface area contributed by atoms with Crippen molar-refractivity contribution in [2.45, 2.75) is 25.7 Å². The van der Waals surface area contributed by atoms with Gasteiger partial charge in [0.2, 0.25) is 5.91 Å². The van der Waals surface area contributed by atoms with Crippen LogP contribution in [0.1, 0.15) is 28.4 Å². The zero-order valence-corrected chi connectivity index (χ0v) is 17.0. The molecule has 4 N–H and O–H groups in total. The number of fused-ring (bicyclic) bond motifs is 1. The highest BCUT2D eigenvalue weighted by atomic mass is 16.5. The number of primary amides is 1. The topological polar surface area (TPSA) is 137 Å². The Bertz CT molecular complexity index is 982. The number of nitrogens with two attached hydrogens (primary N) is 1. The molecule has 1 atom stereocenters. The molecule has 2 amide bonds. The summed E-state index contributed by atoms with van der Waals surface area (Å²) in [6.45, 7) is 1.67. The lowest BCUT2D eigenvalue weighted by atomic mass is 9.72. The van der Waals surface area contributed by atoms with E-state index >= 15 is 0 Å². The SMILES string of the molecule is CCOC(=O)c1cccc2c1OB(O)[C@@H](NC(=O)Cc1cccc(OCC(N)=O)c1)C2. The smallest absolute Gasteiger partial charge is 0.534 e. The Kier molecular flexibility index (Phi) is 7.14. The lowest BCUT2D eigenvalue weighted by molar-refractivity contribution is -0.121. The standard InChI is InChI=1S/C21H23BN2O7/c1-2-29-21(27)16-8-4-6-14-11-17(22(28)31-20(14)16)24-19(26)10-13-5-3-7-15(9-13)30-12-18(23)25/h3-9,17,28H,2,10-12H2,1H3,(H2,23,25)(H,24,26)/t17-/m0/s1. The molecule has 0 aliphatic carbocycles. The number of nitrogens with one attached hydrogen (secondary N) is 1. The van der Waals surface area contributed by atoms with E-state index in [1.54, 1.807) is 49.4 Å². The van der Waals surface area contributed by atoms with E-state index in [9.17, 15) is 19.4 Å². The second-order valence-corrected chi connectivity index (χ2v) is 6.98. The first-order chi connectivity index (χ1) is 14.9. The van der Waals surface area contributed by atoms with Gasteiger partial charge in [0.25, 0.3) is 5.91 Å². The summed E-state index contributed by atoms with van der Waals surface area (Å²) < 4.78 is 15.8. The first kappa shape index (κ1) is 22.2. The Morgan fingerprint density at radius 3 is 2.77 bits per heavy atom. The molecule has 9 nitrogen and oxygen atoms in total. The van der Waals surface area contributed by atoms with Crippen LogP contribution in [0.3, 0.4) is 0 Å². The minimum Gasteiger partial charge on any atom is -0.534 e. The first-order valence-corrected chi connectivity index (χ1v) is 9.80. The molecule has 10 heteroatoms. The van der Waals surface area contributed by atoms with Crippen molar-refractivity contribution in [1.29, 1.82) is 0 Å². The van der Waals surface area contributed by atoms with Crippen molar-refractivity contribution in [2.75, 3.05) is 13.2 Å². The average Bonchev–Trinajstić information content (AvgIpc) is 2.73. The first-order valence-electron chi connectivity index (χ1n) is 9.80. The molecule has 0 radical (unpaired) electrons. The average molecular weight is 426 g/mol. The zero-order chi connectivity index (χ0) is 22.4. The number of rotatable bonds is 8. The van der Waals surface area contributed by atoms with Gasteiger partial charge >= 0.3 is 13.1 Å². The molecule has 2 aromatic rings. The van der Waals surface area contributed by atoms with Crippen molar-refractivity contribution >= 4 is 24.9 Å². The Balaban J connectivity index is 1.64. The monoisotopic (exact) mass is 426 g/mol. The predicted molar refractivity (Wildman–Crippen MR) is 111 cm³/mol. The quantitative estimate of drug-likeness (QED) is 0.411. The lowest BCUT2D eigenvalue weighted by Gasteiger charge is -2.29. The summed E-state index contributed by atoms with van der Waals surface area (Å²) in [6.07, 6.45) is 0.323. The van der Waals surface area contributed by atoms with Crippen molar-refractivity contribution in [3.63, 3.8) is 0 Å². The van der Waals surface area contributed by atoms with Crippen molar-refractivity contribution in [1.82, 2.24) is 5.32 Å². The maximum absolute atomic E-state index is 12.5. The van der Waals surface area contributed by atoms with Gasteiger partial charge in [-0.2, -0.15) is 0 Å². The number of hydrogen-bond acceptors (Lipinski definition) is 7. The van der Waals surface area contributed by atoms with Gasteiger partial charge in [0.15, 0.2) is 6.61 Å². The van der Waals surface area contributed by atoms with Crippen LogP contribution >= 0.6 is 0 Å². The molecule has 1 aliphatic heterocycles. The molecular formula is C21H23BN2O7. The Hall–Kier alpha value is -3.53. The summed E-state index contributed by atoms with van der Waals surface area (Å²) in [4.78, 5) is 35.5. The number of ether oxygens (including phenoxy) is 2. The van der Waals surface area contributed by atoms with Crippen LogP contribution < -0.4 is 20.4 Å². The molecule has 1 heterocycles. The van der Waals surface area contributed by atoms with Gasteiger partial charge in [-0.25, -0.2) is 4.79 Å². The third-order valence-electron chi connectivity index (χ3n) is 4.61. The number of carbonyl (C=O) groups is 3. The van der Waals surface area contributed by atoms with Crippen LogP contribution in [0.15, 0.2) is 42.5 Å². The molecule has 0 unspecified atom stereocenters. The molecule has 2 aromatic carbocycles. The van der Waals surface area contributed by atoms with E-state index in [0.717, 1.165) is 0 Å². The van der Waals surface area contributed by atoms with E-state index in [1.165, 1.54) is 0 Å². The van der Waals surface area contributed by atoms with E-state index in [4.69, 9.17) is 19.9 Å². The highest BCUT2D eigenvalue weighted by molar-refractivity contribution is 6.47. The number of benzene rings is 2. The fourth-order valence-corrected chi connectivity index (χ4v) is 3.26. The van der Waals surface area contributed by atoms with Gasteiger partial charge in [-0.3, -0.25) is 9.59 Å². The summed E-state index contributed by atoms with van der Waals surface area (Å²) in [5, 5.41) is 13.1. The maximum Gasteiger partial charge on any atom is 0.547 e. The number of carbonyl (C=O) groups excluding carboxylic acids is 3. The lowest BCUT2D eigenvalue weighted by Crippen LogP contribution is -2.53. The third kappa shape index (κ3) is 5.76. The molecule has 162 valence electrons. The molecule has 0 bridgehead atoms. The summed E-state index contributed by atoms with van der Waals surface area (Å²) in [6, 6.07) is 11.8. The van der Waals surface area contributed by atoms with Crippen molar-refractivity contribution in [3.8, 4) is 11.5 Å². The fourth-order valence-electron chi connectivity index (χ4n) is 3.26. The van der Waals surface area contributed by atoms with E-state index in [2.05, 4.69) is 5.32 Å². The van der Waals surface area contributed by atoms with Crippen LogP contribution in [0, 0.1) is 0 Å². The predicted octanol–water partition coefficient (Wildman–Crippen LogP) is 0.409. The van der Waals surface area contributed by atoms with E-state index in [1.807, 2.05) is 0 Å². The largest absolute Gasteiger partial charge is 0.547 e. The van der Waals surface area contributed by atoms with Crippen LogP contribution in [0.5, 0.6) is 11.5 Å². The van der Waals surface area contributed by atoms with Gasteiger partial charge < -0.3 is 30.2 Å². The fraction of sp³-hybridized carbons (Fsp3) is 0.286. The van der Waals surface area contributed by atoms with Gasteiger partial charge in [-0.1, -0.05) is 24.3 Å². The van der Waals surface area contributed by atoms with E-state index in [-0.39, 0.29) is 43.3 Å². The molecule has 0 spiro atoms. The van der Waals surface area contributed by atoms with Gasteiger partial charge in [0.1, 0.15) is 17.1 Å². The summed E-state index contributed by atoms with van der Waals surface area (Å²) in [7, 11) is -1.32. The van der Waals surface area contributed by atoms with Crippen molar-refractivity contribution < 1.29 is 33.5 Å². The van der Waals surface area contributed by atoms with Gasteiger partial charge in [0, 0.05) is 0 Å². The number of para-hydroxylation sites is 1. The van der Waals surface area contributed by atoms with Crippen LogP contribution in [-0.4, -0.2) is 49.1 Å². The molecule has 1 aliphatic rings. The molecule has 31 heavy (non-hydrogen) atoms. The summed E-state index contributed by atoms with van der Waals surface area (Å²) in [5.41, 5.74) is 6.64. The molecule has 0 saturated carbocycles. The Morgan fingerprint density at radius 1 is 1.26 bits per heavy atom. The zero-order valence-electron chi connectivity index (χ0n) is 17.0. The molecule has 0 fully saturated rings. The molecular weight excluding hydrogens is 403 g/mol. The molecule has 0 saturated heterocycles. The second kappa shape index (κ2) is 9.99. The number of hydrogen-bond donors (Lipinski definition) is 3. The van der Waals surface area contributed by atoms with Crippen molar-refractivity contribution in [3.05, 3.63) is 59.2 Å². The maximum atomic E-state index is 12.5. The molecule has 3 rings (SSSR count).